The number of nitriles is 3. The summed E-state index contributed by atoms with van der Waals surface area (Å²) in [5.41, 5.74) is 8.27. The fraction of sp³-hybridized carbons (Fsp3) is 0.458. The molecule has 0 fully saturated rings. The van der Waals surface area contributed by atoms with Crippen molar-refractivity contribution in [1.82, 2.24) is 0 Å². The summed E-state index contributed by atoms with van der Waals surface area (Å²) in [6, 6.07) is 14.8. The van der Waals surface area contributed by atoms with Gasteiger partial charge in [0, 0.05) is 5.92 Å². The maximum absolute atomic E-state index is 10.1. The third kappa shape index (κ3) is 2.89. The molecule has 0 unspecified atom stereocenters. The van der Waals surface area contributed by atoms with Crippen molar-refractivity contribution in [3.63, 3.8) is 0 Å². The first-order valence-corrected chi connectivity index (χ1v) is 9.73. The van der Waals surface area contributed by atoms with Crippen LogP contribution in [0.4, 0.5) is 0 Å². The van der Waals surface area contributed by atoms with Gasteiger partial charge in [0.1, 0.15) is 6.07 Å². The van der Waals surface area contributed by atoms with Gasteiger partial charge in [-0.15, -0.1) is 0 Å². The summed E-state index contributed by atoms with van der Waals surface area (Å²) in [5.74, 6) is -0.0208. The highest BCUT2D eigenvalue weighted by Crippen LogP contribution is 2.56. The molecule has 0 radical (unpaired) electrons. The Morgan fingerprint density at radius 2 is 1.68 bits per heavy atom. The highest BCUT2D eigenvalue weighted by molar-refractivity contribution is 5.59. The Morgan fingerprint density at radius 3 is 2.18 bits per heavy atom. The minimum atomic E-state index is -1.53. The van der Waals surface area contributed by atoms with Gasteiger partial charge >= 0.3 is 0 Å². The van der Waals surface area contributed by atoms with Crippen LogP contribution in [-0.2, 0) is 5.41 Å². The normalized spacial score (nSPS) is 26.3. The molecule has 4 heteroatoms. The maximum atomic E-state index is 10.1. The van der Waals surface area contributed by atoms with E-state index in [2.05, 4.69) is 64.1 Å². The zero-order valence-electron chi connectivity index (χ0n) is 17.0. The van der Waals surface area contributed by atoms with Gasteiger partial charge in [0.05, 0.1) is 23.4 Å². The molecule has 2 aliphatic carbocycles. The zero-order chi connectivity index (χ0) is 20.7. The highest BCUT2D eigenvalue weighted by atomic mass is 14.7. The van der Waals surface area contributed by atoms with Crippen molar-refractivity contribution in [1.29, 1.82) is 15.8 Å². The van der Waals surface area contributed by atoms with E-state index in [-0.39, 0.29) is 22.9 Å². The Balaban J connectivity index is 2.25. The molecule has 0 aliphatic heterocycles. The summed E-state index contributed by atoms with van der Waals surface area (Å²) in [7, 11) is 0. The quantitative estimate of drug-likeness (QED) is 0.766. The van der Waals surface area contributed by atoms with Crippen LogP contribution in [-0.4, -0.2) is 0 Å². The second-order valence-corrected chi connectivity index (χ2v) is 9.12. The first-order valence-electron chi connectivity index (χ1n) is 9.73. The predicted octanol–water partition coefficient (Wildman–Crippen LogP) is 4.82. The highest BCUT2D eigenvalue weighted by Gasteiger charge is 2.54. The van der Waals surface area contributed by atoms with E-state index in [0.717, 1.165) is 24.0 Å². The topological polar surface area (TPSA) is 97.4 Å². The minimum Gasteiger partial charge on any atom is -0.399 e. The summed E-state index contributed by atoms with van der Waals surface area (Å²) >= 11 is 0. The van der Waals surface area contributed by atoms with Crippen molar-refractivity contribution in [3.8, 4) is 18.2 Å². The van der Waals surface area contributed by atoms with Crippen LogP contribution in [0.25, 0.3) is 0 Å². The van der Waals surface area contributed by atoms with Crippen LogP contribution in [0.5, 0.6) is 0 Å². The number of hydrogen-bond acceptors (Lipinski definition) is 4. The molecule has 28 heavy (non-hydrogen) atoms. The van der Waals surface area contributed by atoms with Gasteiger partial charge in [-0.25, -0.2) is 0 Å². The van der Waals surface area contributed by atoms with Gasteiger partial charge in [0.25, 0.3) is 0 Å². The summed E-state index contributed by atoms with van der Waals surface area (Å²) in [6.45, 7) is 8.63. The summed E-state index contributed by atoms with van der Waals surface area (Å²) in [4.78, 5) is 0. The molecule has 3 rings (SSSR count). The molecular weight excluding hydrogens is 344 g/mol. The monoisotopic (exact) mass is 370 g/mol. The molecular formula is C24H26N4. The first-order chi connectivity index (χ1) is 13.2. The average Bonchev–Trinajstić information content (AvgIpc) is 2.67. The Labute approximate surface area is 167 Å². The van der Waals surface area contributed by atoms with Crippen LogP contribution >= 0.6 is 0 Å². The van der Waals surface area contributed by atoms with Gasteiger partial charge in [-0.3, -0.25) is 0 Å². The Hall–Kier alpha value is -3.03. The lowest BCUT2D eigenvalue weighted by atomic mass is 9.56. The molecule has 0 spiro atoms. The zero-order valence-corrected chi connectivity index (χ0v) is 17.0. The maximum Gasteiger partial charge on any atom is 0.191 e. The first kappa shape index (κ1) is 19.7. The standard InChI is InChI=1S/C24H26N4/c1-15-5-10-18-19(11-15)21(16-6-8-17(9-7-16)23(2,3)4)24(13-26,14-27)22(28)20(18)12-25/h6-10,15,19,21H,5,11,28H2,1-4H3/t15-,19+,21+/m1/s1. The van der Waals surface area contributed by atoms with Crippen molar-refractivity contribution in [3.05, 3.63) is 58.3 Å². The molecule has 0 saturated heterocycles. The number of nitrogens with two attached hydrogens (primary N) is 1. The average molecular weight is 371 g/mol. The largest absolute Gasteiger partial charge is 0.399 e. The second-order valence-electron chi connectivity index (χ2n) is 9.12. The lowest BCUT2D eigenvalue weighted by Crippen LogP contribution is -2.43. The number of fused-ring (bicyclic) bond motifs is 1. The SMILES string of the molecule is C[C@@H]1CC=C2C(C#N)=C(N)C(C#N)(C#N)[C@@H](c3ccc(C(C)(C)C)cc3)[C@H]2C1. The van der Waals surface area contributed by atoms with Crippen molar-refractivity contribution in [2.75, 3.05) is 0 Å². The minimum absolute atomic E-state index is 0.0178. The van der Waals surface area contributed by atoms with Crippen molar-refractivity contribution >= 4 is 0 Å². The number of rotatable bonds is 1. The number of allylic oxidation sites excluding steroid dienone is 4. The fourth-order valence-electron chi connectivity index (χ4n) is 4.64. The Kier molecular flexibility index (Phi) is 4.82. The molecule has 2 N–H and O–H groups in total. The fourth-order valence-corrected chi connectivity index (χ4v) is 4.64. The molecule has 4 nitrogen and oxygen atoms in total. The molecule has 1 aromatic rings. The molecule has 142 valence electrons. The molecule has 0 aromatic heterocycles. The van der Waals surface area contributed by atoms with Crippen LogP contribution in [0, 0.1) is 51.2 Å². The number of benzene rings is 1. The van der Waals surface area contributed by atoms with Gasteiger partial charge in [-0.1, -0.05) is 58.0 Å². The van der Waals surface area contributed by atoms with E-state index in [4.69, 9.17) is 5.73 Å². The summed E-state index contributed by atoms with van der Waals surface area (Å²) < 4.78 is 0. The Morgan fingerprint density at radius 1 is 1.07 bits per heavy atom. The van der Waals surface area contributed by atoms with E-state index in [1.54, 1.807) is 0 Å². The summed E-state index contributed by atoms with van der Waals surface area (Å²) in [6.07, 6.45) is 3.80. The van der Waals surface area contributed by atoms with E-state index >= 15 is 0 Å². The van der Waals surface area contributed by atoms with Gasteiger partial charge in [-0.2, -0.15) is 15.8 Å². The number of nitrogens with zero attached hydrogens (tertiary/aromatic N) is 3. The van der Waals surface area contributed by atoms with E-state index in [1.807, 2.05) is 12.1 Å². The van der Waals surface area contributed by atoms with Gasteiger partial charge < -0.3 is 5.73 Å². The smallest absolute Gasteiger partial charge is 0.191 e. The van der Waals surface area contributed by atoms with Crippen LogP contribution in [0.15, 0.2) is 47.2 Å². The van der Waals surface area contributed by atoms with Crippen molar-refractivity contribution in [2.24, 2.45) is 23.0 Å². The van der Waals surface area contributed by atoms with Crippen molar-refractivity contribution < 1.29 is 0 Å². The van der Waals surface area contributed by atoms with E-state index in [1.165, 1.54) is 5.56 Å². The molecule has 0 heterocycles. The molecule has 3 atom stereocenters. The van der Waals surface area contributed by atoms with E-state index in [9.17, 15) is 15.8 Å². The predicted molar refractivity (Wildman–Crippen MR) is 108 cm³/mol. The van der Waals surface area contributed by atoms with Gasteiger partial charge in [0.2, 0.25) is 0 Å². The molecule has 1 aromatic carbocycles. The number of hydrogen-bond donors (Lipinski definition) is 1. The Bertz CT molecular complexity index is 954. The lowest BCUT2D eigenvalue weighted by molar-refractivity contribution is 0.284. The van der Waals surface area contributed by atoms with E-state index < -0.39 is 5.41 Å². The molecule has 0 saturated carbocycles. The third-order valence-electron chi connectivity index (χ3n) is 6.25. The molecule has 2 aliphatic rings. The van der Waals surface area contributed by atoms with Crippen LogP contribution in [0.2, 0.25) is 0 Å². The molecule has 0 bridgehead atoms. The van der Waals surface area contributed by atoms with Gasteiger partial charge in [-0.05, 0) is 46.8 Å². The van der Waals surface area contributed by atoms with Gasteiger partial charge in [0.15, 0.2) is 5.41 Å². The van der Waals surface area contributed by atoms with E-state index in [0.29, 0.717) is 11.5 Å². The van der Waals surface area contributed by atoms with Crippen molar-refractivity contribution in [2.45, 2.75) is 51.9 Å². The van der Waals surface area contributed by atoms with Crippen LogP contribution < -0.4 is 5.73 Å². The summed E-state index contributed by atoms with van der Waals surface area (Å²) in [5, 5.41) is 29.9. The second kappa shape index (κ2) is 6.85. The van der Waals surface area contributed by atoms with Crippen LogP contribution in [0.1, 0.15) is 57.6 Å². The lowest BCUT2D eigenvalue weighted by Gasteiger charge is -2.44. The third-order valence-corrected chi connectivity index (χ3v) is 6.25. The van der Waals surface area contributed by atoms with Crippen LogP contribution in [0.3, 0.4) is 0 Å². The molecule has 0 amide bonds.